The largest absolute Gasteiger partial charge is 0.464 e. The highest BCUT2D eigenvalue weighted by Crippen LogP contribution is 2.18. The molecule has 0 atom stereocenters. The van der Waals surface area contributed by atoms with Gasteiger partial charge in [-0.2, -0.15) is 5.10 Å². The number of esters is 1. The van der Waals surface area contributed by atoms with Gasteiger partial charge in [-0.25, -0.2) is 4.79 Å². The molecule has 0 unspecified atom stereocenters. The van der Waals surface area contributed by atoms with Crippen molar-refractivity contribution in [2.75, 3.05) is 7.11 Å². The average molecular weight is 202 g/mol. The van der Waals surface area contributed by atoms with Crippen LogP contribution < -0.4 is 0 Å². The van der Waals surface area contributed by atoms with Gasteiger partial charge in [-0.3, -0.25) is 0 Å². The summed E-state index contributed by atoms with van der Waals surface area (Å²) in [6.07, 6.45) is 0. The number of methoxy groups -OCH3 is 1. The predicted octanol–water partition coefficient (Wildman–Crippen LogP) is 1.72. The van der Waals surface area contributed by atoms with Crippen LogP contribution in [0.4, 0.5) is 0 Å². The van der Waals surface area contributed by atoms with E-state index in [-0.39, 0.29) is 5.69 Å². The van der Waals surface area contributed by atoms with E-state index in [9.17, 15) is 4.79 Å². The summed E-state index contributed by atoms with van der Waals surface area (Å²) in [5.74, 6) is -0.460. The van der Waals surface area contributed by atoms with Gasteiger partial charge in [-0.1, -0.05) is 24.3 Å². The molecule has 0 aliphatic rings. The van der Waals surface area contributed by atoms with Crippen molar-refractivity contribution in [3.8, 4) is 0 Å². The minimum Gasteiger partial charge on any atom is -0.464 e. The molecule has 15 heavy (non-hydrogen) atoms. The van der Waals surface area contributed by atoms with Crippen molar-refractivity contribution in [2.24, 2.45) is 0 Å². The number of aromatic nitrogens is 2. The fourth-order valence-corrected chi connectivity index (χ4v) is 1.49. The van der Waals surface area contributed by atoms with Crippen LogP contribution in [0.15, 0.2) is 24.3 Å². The van der Waals surface area contributed by atoms with Gasteiger partial charge in [0.1, 0.15) is 0 Å². The number of benzene rings is 1. The SMILES string of the molecule is COC(=O)c1nnc(C)c2ccccc12. The number of aryl methyl sites for hydroxylation is 1. The molecule has 0 aliphatic heterocycles. The molecule has 1 heterocycles. The molecule has 1 aromatic carbocycles. The van der Waals surface area contributed by atoms with Crippen LogP contribution in [0, 0.1) is 6.92 Å². The second-order valence-electron chi connectivity index (χ2n) is 3.17. The van der Waals surface area contributed by atoms with Gasteiger partial charge in [0.05, 0.1) is 12.8 Å². The average Bonchev–Trinajstić information content (AvgIpc) is 2.29. The predicted molar refractivity (Wildman–Crippen MR) is 55.6 cm³/mol. The van der Waals surface area contributed by atoms with Crippen molar-refractivity contribution < 1.29 is 9.53 Å². The van der Waals surface area contributed by atoms with E-state index in [0.717, 1.165) is 16.5 Å². The highest BCUT2D eigenvalue weighted by Gasteiger charge is 2.13. The fraction of sp³-hybridized carbons (Fsp3) is 0.182. The van der Waals surface area contributed by atoms with Crippen LogP contribution in [-0.2, 0) is 4.74 Å². The zero-order valence-electron chi connectivity index (χ0n) is 8.52. The third kappa shape index (κ3) is 1.54. The molecule has 0 fully saturated rings. The first-order valence-corrected chi connectivity index (χ1v) is 4.54. The molecule has 4 nitrogen and oxygen atoms in total. The number of fused-ring (bicyclic) bond motifs is 1. The third-order valence-electron chi connectivity index (χ3n) is 2.25. The first-order valence-electron chi connectivity index (χ1n) is 4.54. The lowest BCUT2D eigenvalue weighted by Crippen LogP contribution is -2.07. The lowest BCUT2D eigenvalue weighted by molar-refractivity contribution is 0.0595. The zero-order chi connectivity index (χ0) is 10.8. The van der Waals surface area contributed by atoms with Gasteiger partial charge >= 0.3 is 5.97 Å². The number of hydrogen-bond donors (Lipinski definition) is 0. The smallest absolute Gasteiger partial charge is 0.359 e. The Labute approximate surface area is 86.9 Å². The monoisotopic (exact) mass is 202 g/mol. The molecular formula is C11H10N2O2. The van der Waals surface area contributed by atoms with Gasteiger partial charge in [0.15, 0.2) is 5.69 Å². The Hall–Kier alpha value is -1.97. The summed E-state index contributed by atoms with van der Waals surface area (Å²) in [6, 6.07) is 7.50. The molecule has 2 aromatic rings. The van der Waals surface area contributed by atoms with Gasteiger partial charge in [0.2, 0.25) is 0 Å². The Morgan fingerprint density at radius 1 is 1.20 bits per heavy atom. The van der Waals surface area contributed by atoms with E-state index in [1.165, 1.54) is 7.11 Å². The Kier molecular flexibility index (Phi) is 2.33. The highest BCUT2D eigenvalue weighted by molar-refractivity contribution is 6.02. The Morgan fingerprint density at radius 3 is 2.53 bits per heavy atom. The number of ether oxygens (including phenoxy) is 1. The fourth-order valence-electron chi connectivity index (χ4n) is 1.49. The molecule has 4 heteroatoms. The maximum absolute atomic E-state index is 11.4. The third-order valence-corrected chi connectivity index (χ3v) is 2.25. The maximum Gasteiger partial charge on any atom is 0.359 e. The zero-order valence-corrected chi connectivity index (χ0v) is 8.52. The van der Waals surface area contributed by atoms with Crippen molar-refractivity contribution in [1.82, 2.24) is 10.2 Å². The summed E-state index contributed by atoms with van der Waals surface area (Å²) in [6.45, 7) is 1.86. The molecular weight excluding hydrogens is 192 g/mol. The van der Waals surface area contributed by atoms with Crippen molar-refractivity contribution >= 4 is 16.7 Å². The molecule has 0 aliphatic carbocycles. The van der Waals surface area contributed by atoms with Crippen LogP contribution >= 0.6 is 0 Å². The molecule has 0 saturated heterocycles. The molecule has 2 rings (SSSR count). The van der Waals surface area contributed by atoms with Crippen molar-refractivity contribution in [2.45, 2.75) is 6.92 Å². The summed E-state index contributed by atoms with van der Waals surface area (Å²) in [5, 5.41) is 9.48. The minimum atomic E-state index is -0.460. The van der Waals surface area contributed by atoms with Crippen LogP contribution in [0.5, 0.6) is 0 Å². The van der Waals surface area contributed by atoms with Gasteiger partial charge in [0, 0.05) is 10.8 Å². The van der Waals surface area contributed by atoms with Crippen molar-refractivity contribution in [1.29, 1.82) is 0 Å². The second kappa shape index (κ2) is 3.65. The van der Waals surface area contributed by atoms with Crippen molar-refractivity contribution in [3.63, 3.8) is 0 Å². The first-order chi connectivity index (χ1) is 7.24. The van der Waals surface area contributed by atoms with E-state index in [4.69, 9.17) is 0 Å². The molecule has 76 valence electrons. The summed E-state index contributed by atoms with van der Waals surface area (Å²) >= 11 is 0. The Morgan fingerprint density at radius 2 is 1.87 bits per heavy atom. The molecule has 0 spiro atoms. The summed E-state index contributed by atoms with van der Waals surface area (Å²) in [7, 11) is 1.33. The van der Waals surface area contributed by atoms with Gasteiger partial charge in [-0.15, -0.1) is 5.10 Å². The number of hydrogen-bond acceptors (Lipinski definition) is 4. The number of nitrogens with zero attached hydrogens (tertiary/aromatic N) is 2. The van der Waals surface area contributed by atoms with Crippen LogP contribution in [0.25, 0.3) is 10.8 Å². The van der Waals surface area contributed by atoms with E-state index in [0.29, 0.717) is 0 Å². The van der Waals surface area contributed by atoms with E-state index < -0.39 is 5.97 Å². The number of rotatable bonds is 1. The molecule has 0 radical (unpaired) electrons. The van der Waals surface area contributed by atoms with Crippen LogP contribution in [0.2, 0.25) is 0 Å². The Balaban J connectivity index is 2.77. The van der Waals surface area contributed by atoms with Crippen molar-refractivity contribution in [3.05, 3.63) is 35.7 Å². The standard InChI is InChI=1S/C11H10N2O2/c1-7-8-5-3-4-6-9(8)10(13-12-7)11(14)15-2/h3-6H,1-2H3. The summed E-state index contributed by atoms with van der Waals surface area (Å²) < 4.78 is 4.64. The lowest BCUT2D eigenvalue weighted by Gasteiger charge is -2.04. The molecule has 0 amide bonds. The van der Waals surface area contributed by atoms with Gasteiger partial charge in [-0.05, 0) is 6.92 Å². The summed E-state index contributed by atoms with van der Waals surface area (Å²) in [5.41, 5.74) is 1.07. The van der Waals surface area contributed by atoms with E-state index in [1.54, 1.807) is 0 Å². The molecule has 1 aromatic heterocycles. The Bertz CT molecular complexity index is 523. The highest BCUT2D eigenvalue weighted by atomic mass is 16.5. The van der Waals surface area contributed by atoms with Gasteiger partial charge < -0.3 is 4.74 Å². The van der Waals surface area contributed by atoms with Crippen LogP contribution in [0.3, 0.4) is 0 Å². The quantitative estimate of drug-likeness (QED) is 0.661. The van der Waals surface area contributed by atoms with E-state index in [1.807, 2.05) is 31.2 Å². The van der Waals surface area contributed by atoms with Crippen LogP contribution in [-0.4, -0.2) is 23.3 Å². The van der Waals surface area contributed by atoms with Crippen LogP contribution in [0.1, 0.15) is 16.2 Å². The lowest BCUT2D eigenvalue weighted by atomic mass is 10.1. The molecule has 0 N–H and O–H groups in total. The maximum atomic E-state index is 11.4. The first kappa shape index (κ1) is 9.58. The summed E-state index contributed by atoms with van der Waals surface area (Å²) in [4.78, 5) is 11.4. The van der Waals surface area contributed by atoms with E-state index >= 15 is 0 Å². The number of carbonyl (C=O) groups is 1. The molecule has 0 bridgehead atoms. The normalized spacial score (nSPS) is 10.3. The van der Waals surface area contributed by atoms with E-state index in [2.05, 4.69) is 14.9 Å². The minimum absolute atomic E-state index is 0.263. The molecule has 0 saturated carbocycles. The topological polar surface area (TPSA) is 52.1 Å². The van der Waals surface area contributed by atoms with Gasteiger partial charge in [0.25, 0.3) is 0 Å². The second-order valence-corrected chi connectivity index (χ2v) is 3.17. The number of carbonyl (C=O) groups excluding carboxylic acids is 1.